The Bertz CT molecular complexity index is 493. The van der Waals surface area contributed by atoms with Gasteiger partial charge in [-0.2, -0.15) is 0 Å². The number of nitrogens with zero attached hydrogens (tertiary/aromatic N) is 1. The Balaban J connectivity index is 1.96. The summed E-state index contributed by atoms with van der Waals surface area (Å²) in [5, 5.41) is 13.4. The summed E-state index contributed by atoms with van der Waals surface area (Å²) in [5.41, 5.74) is 1.49. The van der Waals surface area contributed by atoms with E-state index in [0.29, 0.717) is 31.0 Å². The van der Waals surface area contributed by atoms with E-state index < -0.39 is 6.10 Å². The molecule has 1 unspecified atom stereocenters. The van der Waals surface area contributed by atoms with Crippen molar-refractivity contribution in [2.24, 2.45) is 0 Å². The lowest BCUT2D eigenvalue weighted by Crippen LogP contribution is -2.35. The predicted octanol–water partition coefficient (Wildman–Crippen LogP) is 0.701. The lowest BCUT2D eigenvalue weighted by molar-refractivity contribution is -0.120. The van der Waals surface area contributed by atoms with Gasteiger partial charge in [0.1, 0.15) is 5.75 Å². The van der Waals surface area contributed by atoms with Crippen LogP contribution >= 0.6 is 0 Å². The number of rotatable bonds is 7. The van der Waals surface area contributed by atoms with E-state index in [0.717, 1.165) is 12.1 Å². The molecule has 1 aliphatic heterocycles. The molecule has 1 aromatic rings. The van der Waals surface area contributed by atoms with Crippen LogP contribution in [-0.2, 0) is 9.53 Å². The van der Waals surface area contributed by atoms with Gasteiger partial charge in [-0.25, -0.2) is 0 Å². The van der Waals surface area contributed by atoms with Crippen LogP contribution in [0.2, 0.25) is 0 Å². The number of nitrogens with one attached hydrogen (secondary N) is 1. The van der Waals surface area contributed by atoms with Crippen molar-refractivity contribution in [3.05, 3.63) is 23.8 Å². The molecule has 6 nitrogen and oxygen atoms in total. The van der Waals surface area contributed by atoms with Gasteiger partial charge >= 0.3 is 0 Å². The molecule has 21 heavy (non-hydrogen) atoms. The molecule has 0 aromatic heterocycles. The first-order chi connectivity index (χ1) is 10.1. The summed E-state index contributed by atoms with van der Waals surface area (Å²) in [4.78, 5) is 13.2. The second-order valence-electron chi connectivity index (χ2n) is 5.02. The highest BCUT2D eigenvalue weighted by Crippen LogP contribution is 2.34. The van der Waals surface area contributed by atoms with Crippen LogP contribution in [0, 0.1) is 0 Å². The van der Waals surface area contributed by atoms with Crippen LogP contribution in [0.5, 0.6) is 5.75 Å². The second-order valence-corrected chi connectivity index (χ2v) is 5.02. The standard InChI is InChI=1S/C15H22N2O4/c1-17-12-9-11(3-4-14(12)21-10-15(17)19)13(18)5-6-16-7-8-20-2/h3-4,9,13,16,18H,5-8,10H2,1-2H3. The molecule has 0 bridgehead atoms. The number of likely N-dealkylation sites (N-methyl/N-ethyl adjacent to an activating group) is 1. The largest absolute Gasteiger partial charge is 0.482 e. The first-order valence-electron chi connectivity index (χ1n) is 7.04. The molecule has 2 rings (SSSR count). The molecule has 116 valence electrons. The SMILES string of the molecule is COCCNCCC(O)c1ccc2c(c1)N(C)C(=O)CO2. The topological polar surface area (TPSA) is 71.0 Å². The van der Waals surface area contributed by atoms with Crippen molar-refractivity contribution in [2.45, 2.75) is 12.5 Å². The third kappa shape index (κ3) is 3.93. The van der Waals surface area contributed by atoms with Gasteiger partial charge in [-0.15, -0.1) is 0 Å². The van der Waals surface area contributed by atoms with E-state index in [4.69, 9.17) is 9.47 Å². The number of methoxy groups -OCH3 is 1. The van der Waals surface area contributed by atoms with Crippen LogP contribution in [0.25, 0.3) is 0 Å². The zero-order valence-electron chi connectivity index (χ0n) is 12.5. The molecule has 0 saturated heterocycles. The van der Waals surface area contributed by atoms with E-state index >= 15 is 0 Å². The van der Waals surface area contributed by atoms with Crippen LogP contribution in [0.3, 0.4) is 0 Å². The third-order valence-corrected chi connectivity index (χ3v) is 3.53. The van der Waals surface area contributed by atoms with Crippen LogP contribution in [0.1, 0.15) is 18.1 Å². The molecule has 0 aliphatic carbocycles. The van der Waals surface area contributed by atoms with Gasteiger partial charge in [-0.1, -0.05) is 6.07 Å². The molecule has 0 radical (unpaired) electrons. The van der Waals surface area contributed by atoms with Gasteiger partial charge in [-0.3, -0.25) is 4.79 Å². The van der Waals surface area contributed by atoms with Crippen molar-refractivity contribution < 1.29 is 19.4 Å². The van der Waals surface area contributed by atoms with Crippen LogP contribution in [-0.4, -0.2) is 51.5 Å². The summed E-state index contributed by atoms with van der Waals surface area (Å²) in [6.07, 6.45) is 0.0249. The monoisotopic (exact) mass is 294 g/mol. The maximum atomic E-state index is 11.6. The summed E-state index contributed by atoms with van der Waals surface area (Å²) in [7, 11) is 3.37. The van der Waals surface area contributed by atoms with Crippen molar-refractivity contribution in [3.8, 4) is 5.75 Å². The average Bonchev–Trinajstić information content (AvgIpc) is 2.50. The van der Waals surface area contributed by atoms with Gasteiger partial charge in [-0.05, 0) is 30.7 Å². The molecule has 1 aromatic carbocycles. The normalized spacial score (nSPS) is 15.6. The van der Waals surface area contributed by atoms with E-state index in [-0.39, 0.29) is 12.5 Å². The molecule has 1 atom stereocenters. The van der Waals surface area contributed by atoms with Crippen LogP contribution in [0.15, 0.2) is 18.2 Å². The Kier molecular flexibility index (Phi) is 5.55. The number of aliphatic hydroxyl groups is 1. The number of aliphatic hydroxyl groups excluding tert-OH is 1. The summed E-state index contributed by atoms with van der Waals surface area (Å²) in [5.74, 6) is 0.585. The summed E-state index contributed by atoms with van der Waals surface area (Å²) in [6.45, 7) is 2.18. The molecule has 0 spiro atoms. The van der Waals surface area contributed by atoms with Crippen molar-refractivity contribution >= 4 is 11.6 Å². The van der Waals surface area contributed by atoms with Gasteiger partial charge in [0.2, 0.25) is 0 Å². The van der Waals surface area contributed by atoms with Crippen molar-refractivity contribution in [2.75, 3.05) is 45.4 Å². The highest BCUT2D eigenvalue weighted by molar-refractivity contribution is 5.97. The van der Waals surface area contributed by atoms with Gasteiger partial charge in [0.15, 0.2) is 6.61 Å². The van der Waals surface area contributed by atoms with Gasteiger partial charge in [0.05, 0.1) is 18.4 Å². The zero-order chi connectivity index (χ0) is 15.2. The fourth-order valence-corrected chi connectivity index (χ4v) is 2.20. The number of anilines is 1. The van der Waals surface area contributed by atoms with E-state index in [9.17, 15) is 9.90 Å². The molecule has 0 saturated carbocycles. The fraction of sp³-hybridized carbons (Fsp3) is 0.533. The zero-order valence-corrected chi connectivity index (χ0v) is 12.5. The van der Waals surface area contributed by atoms with Gasteiger partial charge < -0.3 is 24.8 Å². The Morgan fingerprint density at radius 1 is 1.48 bits per heavy atom. The Labute approximate surface area is 124 Å². The number of carbonyl (C=O) groups is 1. The Morgan fingerprint density at radius 2 is 2.29 bits per heavy atom. The van der Waals surface area contributed by atoms with Gasteiger partial charge in [0.25, 0.3) is 5.91 Å². The molecule has 0 fully saturated rings. The number of amides is 1. The molecular formula is C15H22N2O4. The number of fused-ring (bicyclic) bond motifs is 1. The van der Waals surface area contributed by atoms with Crippen molar-refractivity contribution in [1.82, 2.24) is 5.32 Å². The number of benzene rings is 1. The number of ether oxygens (including phenoxy) is 2. The van der Waals surface area contributed by atoms with Crippen LogP contribution < -0.4 is 15.0 Å². The van der Waals surface area contributed by atoms with E-state index in [1.165, 1.54) is 0 Å². The maximum Gasteiger partial charge on any atom is 0.264 e. The summed E-state index contributed by atoms with van der Waals surface area (Å²) < 4.78 is 10.3. The first-order valence-corrected chi connectivity index (χ1v) is 7.04. The third-order valence-electron chi connectivity index (χ3n) is 3.53. The van der Waals surface area contributed by atoms with Crippen molar-refractivity contribution in [1.29, 1.82) is 0 Å². The fourth-order valence-electron chi connectivity index (χ4n) is 2.20. The Morgan fingerprint density at radius 3 is 3.05 bits per heavy atom. The minimum Gasteiger partial charge on any atom is -0.482 e. The lowest BCUT2D eigenvalue weighted by Gasteiger charge is -2.27. The average molecular weight is 294 g/mol. The van der Waals surface area contributed by atoms with Gasteiger partial charge in [0, 0.05) is 20.7 Å². The number of hydrogen-bond donors (Lipinski definition) is 2. The Hall–Kier alpha value is -1.63. The number of hydrogen-bond acceptors (Lipinski definition) is 5. The first kappa shape index (κ1) is 15.8. The summed E-state index contributed by atoms with van der Waals surface area (Å²) >= 11 is 0. The maximum absolute atomic E-state index is 11.6. The smallest absolute Gasteiger partial charge is 0.264 e. The second kappa shape index (κ2) is 7.40. The molecular weight excluding hydrogens is 272 g/mol. The summed E-state index contributed by atoms with van der Waals surface area (Å²) in [6, 6.07) is 5.45. The van der Waals surface area contributed by atoms with E-state index in [1.807, 2.05) is 12.1 Å². The minimum absolute atomic E-state index is 0.0643. The molecule has 6 heteroatoms. The molecule has 1 aliphatic rings. The van der Waals surface area contributed by atoms with E-state index in [1.54, 1.807) is 25.1 Å². The highest BCUT2D eigenvalue weighted by Gasteiger charge is 2.23. The van der Waals surface area contributed by atoms with Crippen LogP contribution in [0.4, 0.5) is 5.69 Å². The lowest BCUT2D eigenvalue weighted by atomic mass is 10.0. The van der Waals surface area contributed by atoms with E-state index in [2.05, 4.69) is 5.32 Å². The van der Waals surface area contributed by atoms with Crippen molar-refractivity contribution in [3.63, 3.8) is 0 Å². The molecule has 1 heterocycles. The predicted molar refractivity (Wildman–Crippen MR) is 79.7 cm³/mol. The molecule has 2 N–H and O–H groups in total. The quantitative estimate of drug-likeness (QED) is 0.725. The minimum atomic E-state index is -0.573. The molecule has 1 amide bonds. The highest BCUT2D eigenvalue weighted by atomic mass is 16.5. The number of carbonyl (C=O) groups excluding carboxylic acids is 1.